The van der Waals surface area contributed by atoms with Crippen molar-refractivity contribution in [2.24, 2.45) is 0 Å². The SMILES string of the molecule is CCOC(=O)c1[nH]c(C)c(C=C(CNC(C)=O)B2OC(C)(C)C(C)(C)O2)c1C. The zero-order valence-electron chi connectivity index (χ0n) is 18.1. The summed E-state index contributed by atoms with van der Waals surface area (Å²) in [5.74, 6) is -0.529. The van der Waals surface area contributed by atoms with Gasteiger partial charge in [-0.05, 0) is 65.1 Å². The number of esters is 1. The number of aromatic nitrogens is 1. The molecule has 0 radical (unpaired) electrons. The summed E-state index contributed by atoms with van der Waals surface area (Å²) in [6.45, 7) is 15.5. The van der Waals surface area contributed by atoms with Crippen LogP contribution in [0.2, 0.25) is 0 Å². The van der Waals surface area contributed by atoms with Gasteiger partial charge in [0.25, 0.3) is 0 Å². The number of carbonyl (C=O) groups is 2. The van der Waals surface area contributed by atoms with Crippen molar-refractivity contribution in [3.63, 3.8) is 0 Å². The first-order chi connectivity index (χ1) is 12.9. The quantitative estimate of drug-likeness (QED) is 0.576. The number of aryl methyl sites for hydroxylation is 1. The third-order valence-corrected chi connectivity index (χ3v) is 5.40. The lowest BCUT2D eigenvalue weighted by atomic mass is 9.76. The molecule has 1 aromatic rings. The Kier molecular flexibility index (Phi) is 6.46. The maximum atomic E-state index is 12.2. The average Bonchev–Trinajstić information content (AvgIpc) is 2.96. The summed E-state index contributed by atoms with van der Waals surface area (Å²) >= 11 is 0. The Labute approximate surface area is 167 Å². The minimum Gasteiger partial charge on any atom is -0.461 e. The zero-order chi connectivity index (χ0) is 21.3. The fourth-order valence-corrected chi connectivity index (χ4v) is 3.00. The highest BCUT2D eigenvalue weighted by atomic mass is 16.7. The number of carbonyl (C=O) groups excluding carboxylic acids is 2. The van der Waals surface area contributed by atoms with E-state index in [0.29, 0.717) is 12.3 Å². The Bertz CT molecular complexity index is 779. The molecule has 0 spiro atoms. The van der Waals surface area contributed by atoms with Crippen LogP contribution in [0.25, 0.3) is 6.08 Å². The van der Waals surface area contributed by atoms with E-state index in [9.17, 15) is 9.59 Å². The minimum absolute atomic E-state index is 0.142. The number of rotatable bonds is 6. The largest absolute Gasteiger partial charge is 0.492 e. The van der Waals surface area contributed by atoms with Crippen LogP contribution in [0.15, 0.2) is 5.47 Å². The van der Waals surface area contributed by atoms with E-state index in [2.05, 4.69) is 10.3 Å². The monoisotopic (exact) mass is 390 g/mol. The van der Waals surface area contributed by atoms with Gasteiger partial charge >= 0.3 is 13.1 Å². The minimum atomic E-state index is -0.600. The third kappa shape index (κ3) is 4.50. The lowest BCUT2D eigenvalue weighted by Crippen LogP contribution is -2.41. The Morgan fingerprint density at radius 2 is 1.75 bits per heavy atom. The van der Waals surface area contributed by atoms with Gasteiger partial charge in [0, 0.05) is 19.2 Å². The van der Waals surface area contributed by atoms with Crippen LogP contribution in [0.5, 0.6) is 0 Å². The molecule has 0 unspecified atom stereocenters. The number of amides is 1. The molecule has 0 saturated carbocycles. The predicted molar refractivity (Wildman–Crippen MR) is 109 cm³/mol. The summed E-state index contributed by atoms with van der Waals surface area (Å²) in [5, 5.41) is 2.82. The molecular weight excluding hydrogens is 359 g/mol. The zero-order valence-corrected chi connectivity index (χ0v) is 18.1. The van der Waals surface area contributed by atoms with Gasteiger partial charge in [0.15, 0.2) is 0 Å². The van der Waals surface area contributed by atoms with Gasteiger partial charge in [0.05, 0.1) is 17.8 Å². The van der Waals surface area contributed by atoms with Crippen molar-refractivity contribution in [1.29, 1.82) is 0 Å². The van der Waals surface area contributed by atoms with Crippen LogP contribution in [0.4, 0.5) is 0 Å². The molecule has 0 bridgehead atoms. The van der Waals surface area contributed by atoms with Crippen LogP contribution in [-0.2, 0) is 18.8 Å². The number of hydrogen-bond acceptors (Lipinski definition) is 5. The van der Waals surface area contributed by atoms with Gasteiger partial charge in [-0.3, -0.25) is 4.79 Å². The molecule has 8 heteroatoms. The summed E-state index contributed by atoms with van der Waals surface area (Å²) in [5.41, 5.74) is 2.69. The molecule has 0 aliphatic carbocycles. The second-order valence-corrected chi connectivity index (χ2v) is 8.10. The molecule has 1 aliphatic rings. The van der Waals surface area contributed by atoms with Crippen molar-refractivity contribution in [1.82, 2.24) is 10.3 Å². The number of nitrogens with one attached hydrogen (secondary N) is 2. The van der Waals surface area contributed by atoms with Crippen LogP contribution < -0.4 is 5.32 Å². The van der Waals surface area contributed by atoms with Crippen LogP contribution in [0.1, 0.15) is 68.9 Å². The molecule has 28 heavy (non-hydrogen) atoms. The molecule has 1 saturated heterocycles. The maximum Gasteiger partial charge on any atom is 0.492 e. The molecular formula is C20H31BN2O5. The highest BCUT2D eigenvalue weighted by Crippen LogP contribution is 2.39. The average molecular weight is 390 g/mol. The topological polar surface area (TPSA) is 89.7 Å². The van der Waals surface area contributed by atoms with Crippen molar-refractivity contribution >= 4 is 25.1 Å². The number of hydrogen-bond donors (Lipinski definition) is 2. The molecule has 7 nitrogen and oxygen atoms in total. The Hall–Kier alpha value is -2.06. The molecule has 1 aliphatic heterocycles. The lowest BCUT2D eigenvalue weighted by molar-refractivity contribution is -0.118. The summed E-state index contributed by atoms with van der Waals surface area (Å²) in [7, 11) is -0.600. The van der Waals surface area contributed by atoms with Gasteiger partial charge in [-0.1, -0.05) is 6.08 Å². The van der Waals surface area contributed by atoms with Crippen LogP contribution >= 0.6 is 0 Å². The van der Waals surface area contributed by atoms with Crippen LogP contribution in [0.3, 0.4) is 0 Å². The van der Waals surface area contributed by atoms with Crippen molar-refractivity contribution in [3.8, 4) is 0 Å². The number of H-pyrrole nitrogens is 1. The van der Waals surface area contributed by atoms with E-state index < -0.39 is 18.3 Å². The molecule has 1 aromatic heterocycles. The van der Waals surface area contributed by atoms with Crippen LogP contribution in [-0.4, -0.2) is 48.3 Å². The smallest absolute Gasteiger partial charge is 0.461 e. The fourth-order valence-electron chi connectivity index (χ4n) is 3.00. The Morgan fingerprint density at radius 1 is 1.18 bits per heavy atom. The van der Waals surface area contributed by atoms with E-state index in [1.165, 1.54) is 6.92 Å². The first-order valence-corrected chi connectivity index (χ1v) is 9.56. The molecule has 0 atom stereocenters. The molecule has 2 N–H and O–H groups in total. The van der Waals surface area contributed by atoms with Gasteiger partial charge in [0.2, 0.25) is 5.91 Å². The molecule has 0 aromatic carbocycles. The van der Waals surface area contributed by atoms with E-state index in [1.807, 2.05) is 47.6 Å². The summed E-state index contributed by atoms with van der Waals surface area (Å²) < 4.78 is 17.4. The summed E-state index contributed by atoms with van der Waals surface area (Å²) in [6.07, 6.45) is 1.92. The van der Waals surface area contributed by atoms with Crippen molar-refractivity contribution < 1.29 is 23.6 Å². The summed E-state index contributed by atoms with van der Waals surface area (Å²) in [4.78, 5) is 26.8. The highest BCUT2D eigenvalue weighted by molar-refractivity contribution is 6.56. The fraction of sp³-hybridized carbons (Fsp3) is 0.600. The summed E-state index contributed by atoms with van der Waals surface area (Å²) in [6, 6.07) is 0. The van der Waals surface area contributed by atoms with E-state index in [4.69, 9.17) is 14.0 Å². The number of ether oxygens (including phenoxy) is 1. The highest BCUT2D eigenvalue weighted by Gasteiger charge is 2.52. The van der Waals surface area contributed by atoms with Crippen LogP contribution in [0, 0.1) is 13.8 Å². The Morgan fingerprint density at radius 3 is 2.25 bits per heavy atom. The van der Waals surface area contributed by atoms with Gasteiger partial charge in [-0.15, -0.1) is 0 Å². The van der Waals surface area contributed by atoms with Gasteiger partial charge in [-0.25, -0.2) is 4.79 Å². The van der Waals surface area contributed by atoms with Gasteiger partial charge in [-0.2, -0.15) is 0 Å². The van der Waals surface area contributed by atoms with Crippen molar-refractivity contribution in [3.05, 3.63) is 28.0 Å². The maximum absolute atomic E-state index is 12.2. The molecule has 2 heterocycles. The van der Waals surface area contributed by atoms with Gasteiger partial charge < -0.3 is 24.3 Å². The van der Waals surface area contributed by atoms with E-state index in [-0.39, 0.29) is 18.4 Å². The molecule has 1 fully saturated rings. The molecule has 154 valence electrons. The van der Waals surface area contributed by atoms with Gasteiger partial charge in [0.1, 0.15) is 5.69 Å². The Balaban J connectivity index is 2.43. The third-order valence-electron chi connectivity index (χ3n) is 5.40. The standard InChI is InChI=1S/C20H31BN2O5/c1-9-26-18(25)17-12(2)16(13(3)23-17)10-15(11-22-14(4)24)21-27-19(5,6)20(7,8)28-21/h10,23H,9,11H2,1-8H3,(H,22,24). The van der Waals surface area contributed by atoms with E-state index >= 15 is 0 Å². The molecule has 1 amide bonds. The second kappa shape index (κ2) is 8.13. The molecule has 2 rings (SSSR count). The second-order valence-electron chi connectivity index (χ2n) is 8.10. The van der Waals surface area contributed by atoms with Crippen molar-refractivity contribution in [2.45, 2.75) is 66.6 Å². The van der Waals surface area contributed by atoms with E-state index in [0.717, 1.165) is 22.3 Å². The van der Waals surface area contributed by atoms with Crippen molar-refractivity contribution in [2.75, 3.05) is 13.2 Å². The normalized spacial score (nSPS) is 18.3. The number of aromatic amines is 1. The first kappa shape index (κ1) is 22.2. The predicted octanol–water partition coefficient (Wildman–Crippen LogP) is 2.96. The first-order valence-electron chi connectivity index (χ1n) is 9.56. The van der Waals surface area contributed by atoms with E-state index in [1.54, 1.807) is 6.92 Å². The lowest BCUT2D eigenvalue weighted by Gasteiger charge is -2.32.